The third-order valence-corrected chi connectivity index (χ3v) is 4.20. The average molecular weight is 300 g/mol. The molecule has 0 bridgehead atoms. The van der Waals surface area contributed by atoms with E-state index in [0.29, 0.717) is 5.69 Å². The van der Waals surface area contributed by atoms with Gasteiger partial charge in [0, 0.05) is 24.5 Å². The number of anilines is 1. The van der Waals surface area contributed by atoms with Crippen LogP contribution in [0.5, 0.6) is 0 Å². The van der Waals surface area contributed by atoms with Gasteiger partial charge in [0.05, 0.1) is 17.3 Å². The molecule has 0 amide bonds. The van der Waals surface area contributed by atoms with Gasteiger partial charge < -0.3 is 9.88 Å². The van der Waals surface area contributed by atoms with E-state index in [0.717, 1.165) is 37.8 Å². The lowest BCUT2D eigenvalue weighted by atomic mass is 10.0. The number of unbranched alkanes of at least 4 members (excludes halogenated alkanes) is 1. The first-order chi connectivity index (χ1) is 10.7. The van der Waals surface area contributed by atoms with Crippen molar-refractivity contribution >= 4 is 11.4 Å². The van der Waals surface area contributed by atoms with Crippen LogP contribution in [0.4, 0.5) is 11.4 Å². The van der Waals surface area contributed by atoms with Gasteiger partial charge in [0.2, 0.25) is 0 Å². The molecule has 1 N–H and O–H groups in total. The van der Waals surface area contributed by atoms with Crippen LogP contribution >= 0.6 is 0 Å². The van der Waals surface area contributed by atoms with Crippen molar-refractivity contribution in [3.8, 4) is 0 Å². The van der Waals surface area contributed by atoms with Crippen molar-refractivity contribution in [2.45, 2.75) is 38.6 Å². The second-order valence-corrected chi connectivity index (χ2v) is 5.66. The number of nitrogens with one attached hydrogen (secondary N) is 1. The Morgan fingerprint density at radius 2 is 2.36 bits per heavy atom. The molecule has 2 aromatic rings. The highest BCUT2D eigenvalue weighted by Crippen LogP contribution is 2.35. The maximum Gasteiger partial charge on any atom is 0.292 e. The van der Waals surface area contributed by atoms with E-state index >= 15 is 0 Å². The summed E-state index contributed by atoms with van der Waals surface area (Å²) in [6, 6.07) is 5.62. The zero-order valence-electron chi connectivity index (χ0n) is 12.7. The standard InChI is InChI=1S/C16H20N4O2/c1-2-3-8-18-14-9-12(4-6-16(14)20(21)22)15-7-5-13-10-17-11-19(13)15/h4,6,9-11,15,18H,2-3,5,7-8H2,1H3. The summed E-state index contributed by atoms with van der Waals surface area (Å²) in [5.74, 6) is 0. The number of nitro groups is 1. The van der Waals surface area contributed by atoms with Crippen LogP contribution in [0.1, 0.15) is 43.5 Å². The number of fused-ring (bicyclic) bond motifs is 1. The van der Waals surface area contributed by atoms with Crippen LogP contribution in [0, 0.1) is 10.1 Å². The smallest absolute Gasteiger partial charge is 0.292 e. The predicted octanol–water partition coefficient (Wildman–Crippen LogP) is 3.54. The molecule has 1 aromatic carbocycles. The molecule has 116 valence electrons. The Bertz CT molecular complexity index is 681. The molecule has 1 unspecified atom stereocenters. The highest BCUT2D eigenvalue weighted by Gasteiger charge is 2.25. The number of nitro benzene ring substituents is 1. The third kappa shape index (κ3) is 2.68. The number of imidazole rings is 1. The largest absolute Gasteiger partial charge is 0.379 e. The van der Waals surface area contributed by atoms with E-state index in [2.05, 4.69) is 21.8 Å². The van der Waals surface area contributed by atoms with Crippen LogP contribution in [0.2, 0.25) is 0 Å². The van der Waals surface area contributed by atoms with Crippen molar-refractivity contribution in [2.24, 2.45) is 0 Å². The Hall–Kier alpha value is -2.37. The first-order valence-electron chi connectivity index (χ1n) is 7.73. The summed E-state index contributed by atoms with van der Waals surface area (Å²) in [5, 5.41) is 14.4. The summed E-state index contributed by atoms with van der Waals surface area (Å²) < 4.78 is 2.16. The summed E-state index contributed by atoms with van der Waals surface area (Å²) in [4.78, 5) is 15.1. The van der Waals surface area contributed by atoms with E-state index in [4.69, 9.17) is 0 Å². The summed E-state index contributed by atoms with van der Waals surface area (Å²) in [6.45, 7) is 2.85. The Balaban J connectivity index is 1.90. The highest BCUT2D eigenvalue weighted by atomic mass is 16.6. The Kier molecular flexibility index (Phi) is 4.09. The van der Waals surface area contributed by atoms with E-state index in [1.807, 2.05) is 24.7 Å². The molecule has 6 nitrogen and oxygen atoms in total. The molecular weight excluding hydrogens is 280 g/mol. The molecule has 22 heavy (non-hydrogen) atoms. The average Bonchev–Trinajstić information content (AvgIpc) is 3.10. The molecule has 1 atom stereocenters. The first kappa shape index (κ1) is 14.6. The van der Waals surface area contributed by atoms with Gasteiger partial charge >= 0.3 is 0 Å². The van der Waals surface area contributed by atoms with Crippen LogP contribution in [-0.2, 0) is 6.42 Å². The Morgan fingerprint density at radius 3 is 3.14 bits per heavy atom. The second kappa shape index (κ2) is 6.17. The van der Waals surface area contributed by atoms with Gasteiger partial charge in [0.25, 0.3) is 5.69 Å². The summed E-state index contributed by atoms with van der Waals surface area (Å²) >= 11 is 0. The number of aromatic nitrogens is 2. The van der Waals surface area contributed by atoms with E-state index < -0.39 is 0 Å². The molecule has 3 rings (SSSR count). The minimum absolute atomic E-state index is 0.142. The van der Waals surface area contributed by atoms with Crippen molar-refractivity contribution in [3.05, 3.63) is 52.1 Å². The van der Waals surface area contributed by atoms with Crippen LogP contribution in [0.3, 0.4) is 0 Å². The zero-order valence-corrected chi connectivity index (χ0v) is 12.7. The van der Waals surface area contributed by atoms with Gasteiger partial charge in [-0.2, -0.15) is 0 Å². The van der Waals surface area contributed by atoms with Crippen molar-refractivity contribution < 1.29 is 4.92 Å². The van der Waals surface area contributed by atoms with Gasteiger partial charge in [-0.15, -0.1) is 0 Å². The number of rotatable bonds is 6. The molecule has 0 spiro atoms. The normalized spacial score (nSPS) is 16.5. The van der Waals surface area contributed by atoms with E-state index in [1.165, 1.54) is 5.69 Å². The van der Waals surface area contributed by atoms with Gasteiger partial charge in [-0.05, 0) is 37.0 Å². The van der Waals surface area contributed by atoms with Gasteiger partial charge in [0.1, 0.15) is 5.69 Å². The number of hydrogen-bond donors (Lipinski definition) is 1. The third-order valence-electron chi connectivity index (χ3n) is 4.20. The molecule has 6 heteroatoms. The summed E-state index contributed by atoms with van der Waals surface area (Å²) in [5.41, 5.74) is 3.08. The van der Waals surface area contributed by atoms with Crippen molar-refractivity contribution in [1.29, 1.82) is 0 Å². The van der Waals surface area contributed by atoms with Crippen LogP contribution in [-0.4, -0.2) is 21.0 Å². The quantitative estimate of drug-likeness (QED) is 0.503. The van der Waals surface area contributed by atoms with Crippen LogP contribution in [0.15, 0.2) is 30.7 Å². The van der Waals surface area contributed by atoms with Crippen LogP contribution in [0.25, 0.3) is 0 Å². The Morgan fingerprint density at radius 1 is 1.50 bits per heavy atom. The minimum atomic E-state index is -0.324. The first-order valence-corrected chi connectivity index (χ1v) is 7.73. The SMILES string of the molecule is CCCCNc1cc(C2CCc3cncn32)ccc1[N+](=O)[O-]. The molecule has 1 aliphatic heterocycles. The monoisotopic (exact) mass is 300 g/mol. The van der Waals surface area contributed by atoms with Crippen molar-refractivity contribution in [2.75, 3.05) is 11.9 Å². The Labute approximate surface area is 129 Å². The molecular formula is C16H20N4O2. The summed E-state index contributed by atoms with van der Waals surface area (Å²) in [7, 11) is 0. The number of benzene rings is 1. The minimum Gasteiger partial charge on any atom is -0.379 e. The predicted molar refractivity (Wildman–Crippen MR) is 85.2 cm³/mol. The second-order valence-electron chi connectivity index (χ2n) is 5.66. The van der Waals surface area contributed by atoms with Crippen LogP contribution < -0.4 is 5.32 Å². The van der Waals surface area contributed by atoms with Crippen molar-refractivity contribution in [3.63, 3.8) is 0 Å². The zero-order chi connectivity index (χ0) is 15.5. The molecule has 0 saturated heterocycles. The lowest BCUT2D eigenvalue weighted by Gasteiger charge is -2.15. The maximum absolute atomic E-state index is 11.2. The highest BCUT2D eigenvalue weighted by molar-refractivity contribution is 5.63. The van der Waals surface area contributed by atoms with E-state index in [9.17, 15) is 10.1 Å². The molecule has 2 heterocycles. The molecule has 1 aromatic heterocycles. The molecule has 0 fully saturated rings. The van der Waals surface area contributed by atoms with E-state index in [-0.39, 0.29) is 16.7 Å². The van der Waals surface area contributed by atoms with Gasteiger partial charge in [-0.3, -0.25) is 10.1 Å². The lowest BCUT2D eigenvalue weighted by molar-refractivity contribution is -0.384. The molecule has 1 aliphatic rings. The number of hydrogen-bond acceptors (Lipinski definition) is 4. The van der Waals surface area contributed by atoms with E-state index in [1.54, 1.807) is 6.07 Å². The molecule has 0 saturated carbocycles. The number of nitrogens with zero attached hydrogens (tertiary/aromatic N) is 3. The fraction of sp³-hybridized carbons (Fsp3) is 0.438. The molecule has 0 radical (unpaired) electrons. The van der Waals surface area contributed by atoms with Gasteiger partial charge in [0.15, 0.2) is 0 Å². The van der Waals surface area contributed by atoms with Crippen molar-refractivity contribution in [1.82, 2.24) is 9.55 Å². The van der Waals surface area contributed by atoms with Gasteiger partial charge in [-0.25, -0.2) is 4.98 Å². The lowest BCUT2D eigenvalue weighted by Crippen LogP contribution is -2.08. The fourth-order valence-electron chi connectivity index (χ4n) is 3.02. The fourth-order valence-corrected chi connectivity index (χ4v) is 3.02. The van der Waals surface area contributed by atoms with Gasteiger partial charge in [-0.1, -0.05) is 13.3 Å². The summed E-state index contributed by atoms with van der Waals surface area (Å²) in [6.07, 6.45) is 7.81. The maximum atomic E-state index is 11.2. The number of aryl methyl sites for hydroxylation is 1. The molecule has 0 aliphatic carbocycles. The topological polar surface area (TPSA) is 73.0 Å².